The summed E-state index contributed by atoms with van der Waals surface area (Å²) in [5.74, 6) is 0.110. The average molecular weight is 578 g/mol. The minimum absolute atomic E-state index is 0.00653. The number of halogens is 1. The summed E-state index contributed by atoms with van der Waals surface area (Å²) in [6.07, 6.45) is 1.61. The SMILES string of the molecule is CCc1sc(N2N=C(c3ccc(C)cc3)C[C@H]2c2ccc(Cl)cc2)nc1-c1ccc(OC(=O)c2ccccc2)cc1. The van der Waals surface area contributed by atoms with Crippen molar-refractivity contribution < 1.29 is 9.53 Å². The molecule has 0 saturated heterocycles. The van der Waals surface area contributed by atoms with Gasteiger partial charge in [-0.05, 0) is 73.0 Å². The number of ether oxygens (including phenoxy) is 1. The molecule has 0 amide bonds. The zero-order valence-electron chi connectivity index (χ0n) is 22.8. The number of rotatable bonds is 7. The van der Waals surface area contributed by atoms with E-state index in [2.05, 4.69) is 55.3 Å². The molecule has 41 heavy (non-hydrogen) atoms. The number of carbonyl (C=O) groups excluding carboxylic acids is 1. The van der Waals surface area contributed by atoms with Gasteiger partial charge in [-0.25, -0.2) is 14.8 Å². The Labute approximate surface area is 248 Å². The molecule has 1 atom stereocenters. The van der Waals surface area contributed by atoms with Gasteiger partial charge in [-0.15, -0.1) is 0 Å². The summed E-state index contributed by atoms with van der Waals surface area (Å²) in [6, 6.07) is 33.0. The summed E-state index contributed by atoms with van der Waals surface area (Å²) in [4.78, 5) is 18.8. The smallest absolute Gasteiger partial charge is 0.343 e. The summed E-state index contributed by atoms with van der Waals surface area (Å²) in [5, 5.41) is 8.72. The van der Waals surface area contributed by atoms with Crippen LogP contribution in [0, 0.1) is 6.92 Å². The van der Waals surface area contributed by atoms with Crippen molar-refractivity contribution in [2.75, 3.05) is 5.01 Å². The van der Waals surface area contributed by atoms with Crippen molar-refractivity contribution in [2.24, 2.45) is 5.10 Å². The average Bonchev–Trinajstić information content (AvgIpc) is 3.64. The largest absolute Gasteiger partial charge is 0.423 e. The number of carbonyl (C=O) groups is 1. The number of hydrogen-bond acceptors (Lipinski definition) is 6. The number of nitrogens with zero attached hydrogens (tertiary/aromatic N) is 3. The molecule has 2 heterocycles. The Hall–Kier alpha value is -4.26. The molecule has 6 rings (SSSR count). The summed E-state index contributed by atoms with van der Waals surface area (Å²) in [7, 11) is 0. The predicted octanol–water partition coefficient (Wildman–Crippen LogP) is 8.91. The molecule has 1 aliphatic heterocycles. The Bertz CT molecular complexity index is 1700. The van der Waals surface area contributed by atoms with Crippen LogP contribution in [-0.2, 0) is 6.42 Å². The molecule has 5 aromatic rings. The molecular weight excluding hydrogens is 550 g/mol. The summed E-state index contributed by atoms with van der Waals surface area (Å²) in [5.41, 5.74) is 6.90. The van der Waals surface area contributed by atoms with Crippen molar-refractivity contribution in [1.29, 1.82) is 0 Å². The van der Waals surface area contributed by atoms with Gasteiger partial charge in [0.2, 0.25) is 5.13 Å². The van der Waals surface area contributed by atoms with E-state index in [1.54, 1.807) is 23.5 Å². The van der Waals surface area contributed by atoms with Crippen molar-refractivity contribution in [3.8, 4) is 17.0 Å². The molecule has 0 spiro atoms. The van der Waals surface area contributed by atoms with E-state index in [-0.39, 0.29) is 12.0 Å². The van der Waals surface area contributed by atoms with E-state index in [4.69, 9.17) is 26.4 Å². The van der Waals surface area contributed by atoms with Crippen molar-refractivity contribution in [2.45, 2.75) is 32.7 Å². The lowest BCUT2D eigenvalue weighted by Crippen LogP contribution is -2.18. The van der Waals surface area contributed by atoms with Crippen LogP contribution in [0.5, 0.6) is 5.75 Å². The quantitative estimate of drug-likeness (QED) is 0.143. The van der Waals surface area contributed by atoms with E-state index in [0.29, 0.717) is 16.3 Å². The molecule has 7 heteroatoms. The number of hydrogen-bond donors (Lipinski definition) is 0. The molecule has 0 fully saturated rings. The van der Waals surface area contributed by atoms with Gasteiger partial charge in [-0.1, -0.05) is 90.0 Å². The van der Waals surface area contributed by atoms with Crippen LogP contribution in [0.3, 0.4) is 0 Å². The first-order valence-electron chi connectivity index (χ1n) is 13.5. The topological polar surface area (TPSA) is 54.8 Å². The number of thiazole rings is 1. The maximum atomic E-state index is 12.5. The highest BCUT2D eigenvalue weighted by Gasteiger charge is 2.32. The molecule has 0 unspecified atom stereocenters. The molecule has 4 aromatic carbocycles. The lowest BCUT2D eigenvalue weighted by molar-refractivity contribution is 0.0735. The van der Waals surface area contributed by atoms with Crippen LogP contribution in [-0.4, -0.2) is 16.7 Å². The molecular formula is C34H28ClN3O2S. The molecule has 0 bridgehead atoms. The third kappa shape index (κ3) is 5.80. The maximum Gasteiger partial charge on any atom is 0.343 e. The van der Waals surface area contributed by atoms with Gasteiger partial charge in [-0.3, -0.25) is 0 Å². The fourth-order valence-corrected chi connectivity index (χ4v) is 6.02. The molecule has 0 N–H and O–H groups in total. The molecule has 5 nitrogen and oxygen atoms in total. The Kier molecular flexibility index (Phi) is 7.68. The predicted molar refractivity (Wildman–Crippen MR) is 167 cm³/mol. The maximum absolute atomic E-state index is 12.5. The van der Waals surface area contributed by atoms with Crippen molar-refractivity contribution >= 4 is 39.8 Å². The van der Waals surface area contributed by atoms with Gasteiger partial charge >= 0.3 is 5.97 Å². The standard InChI is InChI=1S/C34H28ClN3O2S/c1-3-31-32(25-15-19-28(20-16-25)40-33(39)26-7-5-4-6-8-26)36-34(41-31)38-30(24-13-17-27(35)18-14-24)21-29(37-38)23-11-9-22(2)10-12-23/h4-20,30H,3,21H2,1-2H3/t30-/m0/s1. The number of anilines is 1. The van der Waals surface area contributed by atoms with Crippen LogP contribution < -0.4 is 9.75 Å². The fraction of sp³-hybridized carbons (Fsp3) is 0.147. The van der Waals surface area contributed by atoms with Crippen molar-refractivity contribution in [1.82, 2.24) is 4.98 Å². The van der Waals surface area contributed by atoms with Crippen LogP contribution in [0.25, 0.3) is 11.3 Å². The molecule has 1 aromatic heterocycles. The van der Waals surface area contributed by atoms with E-state index in [0.717, 1.165) is 46.1 Å². The van der Waals surface area contributed by atoms with E-state index < -0.39 is 0 Å². The highest BCUT2D eigenvalue weighted by Crippen LogP contribution is 2.42. The summed E-state index contributed by atoms with van der Waals surface area (Å²) >= 11 is 7.87. The number of hydrazone groups is 1. The van der Waals surface area contributed by atoms with Gasteiger partial charge in [-0.2, -0.15) is 5.10 Å². The third-order valence-corrected chi connectivity index (χ3v) is 8.54. The monoisotopic (exact) mass is 577 g/mol. The Morgan fingerprint density at radius 2 is 1.61 bits per heavy atom. The van der Waals surface area contributed by atoms with Crippen molar-refractivity contribution in [3.63, 3.8) is 0 Å². The minimum Gasteiger partial charge on any atom is -0.423 e. The van der Waals surface area contributed by atoms with E-state index >= 15 is 0 Å². The summed E-state index contributed by atoms with van der Waals surface area (Å²) < 4.78 is 5.57. The minimum atomic E-state index is -0.381. The molecule has 1 aliphatic rings. The van der Waals surface area contributed by atoms with Gasteiger partial charge in [0.15, 0.2) is 0 Å². The normalized spacial score (nSPS) is 14.7. The van der Waals surface area contributed by atoms with Gasteiger partial charge in [0.05, 0.1) is 23.0 Å². The molecule has 0 radical (unpaired) electrons. The second-order valence-corrected chi connectivity index (χ2v) is 11.4. The number of benzene rings is 4. The van der Waals surface area contributed by atoms with Crippen LogP contribution in [0.4, 0.5) is 5.13 Å². The highest BCUT2D eigenvalue weighted by molar-refractivity contribution is 7.16. The zero-order chi connectivity index (χ0) is 28.3. The van der Waals surface area contributed by atoms with E-state index in [1.807, 2.05) is 54.6 Å². The fourth-order valence-electron chi connectivity index (χ4n) is 4.88. The first kappa shape index (κ1) is 26.9. The number of aromatic nitrogens is 1. The first-order chi connectivity index (χ1) is 20.0. The van der Waals surface area contributed by atoms with Crippen LogP contribution in [0.2, 0.25) is 5.02 Å². The lowest BCUT2D eigenvalue weighted by atomic mass is 9.98. The van der Waals surface area contributed by atoms with E-state index in [9.17, 15) is 4.79 Å². The molecule has 0 aliphatic carbocycles. The Morgan fingerprint density at radius 1 is 0.927 bits per heavy atom. The van der Waals surface area contributed by atoms with E-state index in [1.165, 1.54) is 10.4 Å². The number of esters is 1. The van der Waals surface area contributed by atoms with Crippen molar-refractivity contribution in [3.05, 3.63) is 135 Å². The molecule has 0 saturated carbocycles. The lowest BCUT2D eigenvalue weighted by Gasteiger charge is -2.21. The Balaban J connectivity index is 1.31. The third-order valence-electron chi connectivity index (χ3n) is 7.10. The van der Waals surface area contributed by atoms with Crippen LogP contribution >= 0.6 is 22.9 Å². The molecule has 204 valence electrons. The first-order valence-corrected chi connectivity index (χ1v) is 14.7. The van der Waals surface area contributed by atoms with Gasteiger partial charge in [0.25, 0.3) is 0 Å². The summed E-state index contributed by atoms with van der Waals surface area (Å²) in [6.45, 7) is 4.23. The zero-order valence-corrected chi connectivity index (χ0v) is 24.3. The van der Waals surface area contributed by atoms with Gasteiger partial charge in [0, 0.05) is 21.9 Å². The van der Waals surface area contributed by atoms with Crippen LogP contribution in [0.1, 0.15) is 51.3 Å². The van der Waals surface area contributed by atoms with Gasteiger partial charge < -0.3 is 4.74 Å². The van der Waals surface area contributed by atoms with Gasteiger partial charge in [0.1, 0.15) is 5.75 Å². The van der Waals surface area contributed by atoms with Crippen LogP contribution in [0.15, 0.2) is 108 Å². The highest BCUT2D eigenvalue weighted by atomic mass is 35.5. The second-order valence-electron chi connectivity index (χ2n) is 9.93. The number of aryl methyl sites for hydroxylation is 2. The second kappa shape index (κ2) is 11.7. The Morgan fingerprint density at radius 3 is 2.29 bits per heavy atom.